The molecule has 0 aliphatic rings. The van der Waals surface area contributed by atoms with Crippen molar-refractivity contribution in [2.24, 2.45) is 0 Å². The van der Waals surface area contributed by atoms with Gasteiger partial charge in [0.15, 0.2) is 12.2 Å². The molecule has 0 fully saturated rings. The maximum atomic E-state index is 11.8. The first-order valence-electron chi connectivity index (χ1n) is 6.11. The molecule has 2 unspecified atom stereocenters. The van der Waals surface area contributed by atoms with Crippen LogP contribution in [0.4, 0.5) is 0 Å². The summed E-state index contributed by atoms with van der Waals surface area (Å²) in [6.07, 6.45) is -2.34. The zero-order chi connectivity index (χ0) is 16.0. The fraction of sp³-hybridized carbons (Fsp3) is 0.385. The minimum Gasteiger partial charge on any atom is -0.480 e. The molecule has 6 nitrogen and oxygen atoms in total. The first kappa shape index (κ1) is 17.7. The Kier molecular flexibility index (Phi) is 6.94. The van der Waals surface area contributed by atoms with E-state index in [-0.39, 0.29) is 13.0 Å². The van der Waals surface area contributed by atoms with Crippen LogP contribution in [-0.4, -0.2) is 40.8 Å². The van der Waals surface area contributed by atoms with Gasteiger partial charge in [-0.2, -0.15) is 0 Å². The van der Waals surface area contributed by atoms with Gasteiger partial charge < -0.3 is 20.3 Å². The average molecular weight is 381 g/mol. The van der Waals surface area contributed by atoms with Gasteiger partial charge in [0.1, 0.15) is 5.75 Å². The third kappa shape index (κ3) is 5.91. The number of rotatable bonds is 7. The number of aliphatic hydroxyl groups excluding tert-OH is 1. The SMILES string of the molecule is CC(Oc1ccc(Cl)cc1Br)C(=O)NCCC(O)C(=O)O. The number of carbonyl (C=O) groups is 2. The second kappa shape index (κ2) is 8.21. The number of halogens is 2. The van der Waals surface area contributed by atoms with E-state index in [4.69, 9.17) is 26.6 Å². The van der Waals surface area contributed by atoms with Gasteiger partial charge >= 0.3 is 5.97 Å². The molecule has 0 saturated heterocycles. The summed E-state index contributed by atoms with van der Waals surface area (Å²) >= 11 is 9.08. The van der Waals surface area contributed by atoms with E-state index in [0.29, 0.717) is 15.2 Å². The van der Waals surface area contributed by atoms with Crippen LogP contribution in [0.1, 0.15) is 13.3 Å². The van der Waals surface area contributed by atoms with Gasteiger partial charge in [-0.05, 0) is 41.1 Å². The van der Waals surface area contributed by atoms with Crippen molar-refractivity contribution < 1.29 is 24.5 Å². The highest BCUT2D eigenvalue weighted by Crippen LogP contribution is 2.28. The van der Waals surface area contributed by atoms with Gasteiger partial charge in [-0.1, -0.05) is 11.6 Å². The van der Waals surface area contributed by atoms with Crippen LogP contribution >= 0.6 is 27.5 Å². The third-order valence-corrected chi connectivity index (χ3v) is 3.42. The minimum atomic E-state index is -1.49. The average Bonchev–Trinajstić information content (AvgIpc) is 2.41. The zero-order valence-electron chi connectivity index (χ0n) is 11.2. The van der Waals surface area contributed by atoms with Crippen molar-refractivity contribution in [1.82, 2.24) is 5.32 Å². The quantitative estimate of drug-likeness (QED) is 0.670. The van der Waals surface area contributed by atoms with E-state index < -0.39 is 24.1 Å². The fourth-order valence-electron chi connectivity index (χ4n) is 1.41. The molecule has 1 amide bonds. The third-order valence-electron chi connectivity index (χ3n) is 2.57. The molecular formula is C13H15BrClNO5. The Morgan fingerprint density at radius 2 is 2.14 bits per heavy atom. The topological polar surface area (TPSA) is 95.9 Å². The molecule has 1 aromatic carbocycles. The van der Waals surface area contributed by atoms with Crippen LogP contribution in [0.3, 0.4) is 0 Å². The molecule has 0 aliphatic carbocycles. The van der Waals surface area contributed by atoms with Crippen molar-refractivity contribution in [3.05, 3.63) is 27.7 Å². The molecule has 0 aromatic heterocycles. The highest BCUT2D eigenvalue weighted by Gasteiger charge is 2.17. The number of carboxylic acids is 1. The summed E-state index contributed by atoms with van der Waals surface area (Å²) in [5.41, 5.74) is 0. The van der Waals surface area contributed by atoms with Crippen molar-refractivity contribution in [2.45, 2.75) is 25.6 Å². The number of aliphatic carboxylic acids is 1. The molecule has 1 aromatic rings. The lowest BCUT2D eigenvalue weighted by atomic mass is 10.2. The first-order chi connectivity index (χ1) is 9.81. The Labute approximate surface area is 135 Å². The number of ether oxygens (including phenoxy) is 1. The van der Waals surface area contributed by atoms with Gasteiger partial charge in [0.2, 0.25) is 0 Å². The van der Waals surface area contributed by atoms with Crippen molar-refractivity contribution in [2.75, 3.05) is 6.54 Å². The Balaban J connectivity index is 2.46. The van der Waals surface area contributed by atoms with E-state index >= 15 is 0 Å². The standard InChI is InChI=1S/C13H15BrClNO5/c1-7(12(18)16-5-4-10(17)13(19)20)21-11-3-2-8(15)6-9(11)14/h2-3,6-7,10,17H,4-5H2,1H3,(H,16,18)(H,19,20). The molecule has 3 N–H and O–H groups in total. The molecule has 1 rings (SSSR count). The van der Waals surface area contributed by atoms with E-state index in [0.717, 1.165) is 0 Å². The van der Waals surface area contributed by atoms with Crippen LogP contribution in [-0.2, 0) is 9.59 Å². The van der Waals surface area contributed by atoms with Crippen LogP contribution in [0.15, 0.2) is 22.7 Å². The highest BCUT2D eigenvalue weighted by molar-refractivity contribution is 9.10. The van der Waals surface area contributed by atoms with Gasteiger partial charge in [0.05, 0.1) is 4.47 Å². The van der Waals surface area contributed by atoms with Gasteiger partial charge in [-0.3, -0.25) is 4.79 Å². The predicted octanol–water partition coefficient (Wildman–Crippen LogP) is 1.82. The molecule has 8 heteroatoms. The number of carboxylic acid groups (broad SMARTS) is 1. The van der Waals surface area contributed by atoms with E-state index in [9.17, 15) is 9.59 Å². The lowest BCUT2D eigenvalue weighted by molar-refractivity contribution is -0.147. The Bertz CT molecular complexity index is 525. The number of carbonyl (C=O) groups excluding carboxylic acids is 1. The van der Waals surface area contributed by atoms with Gasteiger partial charge in [-0.15, -0.1) is 0 Å². The summed E-state index contributed by atoms with van der Waals surface area (Å²) in [7, 11) is 0. The van der Waals surface area contributed by atoms with Crippen LogP contribution < -0.4 is 10.1 Å². The number of hydrogen-bond donors (Lipinski definition) is 3. The van der Waals surface area contributed by atoms with Crippen molar-refractivity contribution in [3.63, 3.8) is 0 Å². The van der Waals surface area contributed by atoms with E-state index in [1.54, 1.807) is 25.1 Å². The summed E-state index contributed by atoms with van der Waals surface area (Å²) in [4.78, 5) is 22.2. The lowest BCUT2D eigenvalue weighted by Gasteiger charge is -2.16. The van der Waals surface area contributed by atoms with Crippen LogP contribution in [0.25, 0.3) is 0 Å². The maximum absolute atomic E-state index is 11.8. The fourth-order valence-corrected chi connectivity index (χ4v) is 2.19. The molecule has 0 heterocycles. The Hall–Kier alpha value is -1.31. The molecule has 0 bridgehead atoms. The van der Waals surface area contributed by atoms with Gasteiger partial charge in [0, 0.05) is 18.0 Å². The van der Waals surface area contributed by atoms with Gasteiger partial charge in [-0.25, -0.2) is 4.79 Å². The van der Waals surface area contributed by atoms with Crippen molar-refractivity contribution in [3.8, 4) is 5.75 Å². The summed E-state index contributed by atoms with van der Waals surface area (Å²) in [6, 6.07) is 4.91. The number of nitrogens with one attached hydrogen (secondary N) is 1. The first-order valence-corrected chi connectivity index (χ1v) is 7.28. The molecule has 2 atom stereocenters. The van der Waals surface area contributed by atoms with Crippen LogP contribution in [0.2, 0.25) is 5.02 Å². The summed E-state index contributed by atoms with van der Waals surface area (Å²) in [5, 5.41) is 20.6. The summed E-state index contributed by atoms with van der Waals surface area (Å²) in [5.74, 6) is -1.26. The maximum Gasteiger partial charge on any atom is 0.332 e. The van der Waals surface area contributed by atoms with E-state index in [1.807, 2.05) is 0 Å². The molecule has 0 saturated carbocycles. The largest absolute Gasteiger partial charge is 0.480 e. The smallest absolute Gasteiger partial charge is 0.332 e. The van der Waals surface area contributed by atoms with Crippen molar-refractivity contribution in [1.29, 1.82) is 0 Å². The Morgan fingerprint density at radius 3 is 2.71 bits per heavy atom. The number of aliphatic hydroxyl groups is 1. The number of benzene rings is 1. The second-order valence-corrected chi connectivity index (χ2v) is 5.56. The van der Waals surface area contributed by atoms with Gasteiger partial charge in [0.25, 0.3) is 5.91 Å². The second-order valence-electron chi connectivity index (χ2n) is 4.27. The molecule has 0 spiro atoms. The van der Waals surface area contributed by atoms with E-state index in [1.165, 1.54) is 0 Å². The molecule has 0 radical (unpaired) electrons. The van der Waals surface area contributed by atoms with Crippen LogP contribution in [0.5, 0.6) is 5.75 Å². The molecule has 0 aliphatic heterocycles. The predicted molar refractivity (Wildman–Crippen MR) is 80.5 cm³/mol. The normalized spacial score (nSPS) is 13.3. The number of hydrogen-bond acceptors (Lipinski definition) is 4. The van der Waals surface area contributed by atoms with Crippen molar-refractivity contribution >= 4 is 39.4 Å². The van der Waals surface area contributed by atoms with E-state index in [2.05, 4.69) is 21.2 Å². The molecule has 21 heavy (non-hydrogen) atoms. The molecule has 116 valence electrons. The lowest BCUT2D eigenvalue weighted by Crippen LogP contribution is -2.38. The monoisotopic (exact) mass is 379 g/mol. The number of amides is 1. The zero-order valence-corrected chi connectivity index (χ0v) is 13.5. The highest BCUT2D eigenvalue weighted by atomic mass is 79.9. The molecular weight excluding hydrogens is 366 g/mol. The summed E-state index contributed by atoms with van der Waals surface area (Å²) < 4.78 is 6.09. The minimum absolute atomic E-state index is 0.0434. The van der Waals surface area contributed by atoms with Crippen LogP contribution in [0, 0.1) is 0 Å². The summed E-state index contributed by atoms with van der Waals surface area (Å²) in [6.45, 7) is 1.60. The Morgan fingerprint density at radius 1 is 1.48 bits per heavy atom.